The van der Waals surface area contributed by atoms with Gasteiger partial charge in [-0.3, -0.25) is 4.79 Å². The molecule has 6 heteroatoms. The Balaban J connectivity index is 1.80. The molecule has 1 aliphatic carbocycles. The first kappa shape index (κ1) is 16.9. The minimum Gasteiger partial charge on any atom is -0.462 e. The number of anilines is 1. The number of aryl methyl sites for hydroxylation is 1. The van der Waals surface area contributed by atoms with E-state index < -0.39 is 0 Å². The summed E-state index contributed by atoms with van der Waals surface area (Å²) in [7, 11) is 0. The number of allylic oxidation sites excluding steroid dienone is 1. The molecule has 0 unspecified atom stereocenters. The summed E-state index contributed by atoms with van der Waals surface area (Å²) < 4.78 is 5.22. The molecule has 2 heterocycles. The van der Waals surface area contributed by atoms with Gasteiger partial charge in [-0.2, -0.15) is 0 Å². The monoisotopic (exact) mass is 361 g/mol. The van der Waals surface area contributed by atoms with E-state index >= 15 is 0 Å². The molecule has 0 saturated carbocycles. The summed E-state index contributed by atoms with van der Waals surface area (Å²) >= 11 is 3.01. The van der Waals surface area contributed by atoms with Crippen molar-refractivity contribution in [3.63, 3.8) is 0 Å². The summed E-state index contributed by atoms with van der Waals surface area (Å²) in [5, 5.41) is 5.77. The van der Waals surface area contributed by atoms with Gasteiger partial charge in [-0.15, -0.1) is 22.7 Å². The number of esters is 1. The maximum absolute atomic E-state index is 12.3. The quantitative estimate of drug-likeness (QED) is 0.461. The molecular formula is C18H19NO3S2. The van der Waals surface area contributed by atoms with Crippen molar-refractivity contribution >= 4 is 39.4 Å². The Labute approximate surface area is 149 Å². The molecule has 4 nitrogen and oxygen atoms in total. The fourth-order valence-electron chi connectivity index (χ4n) is 2.78. The standard InChI is InChI=1S/C18H19NO3S2/c1-2-22-18(21)16-12-6-3-4-7-14(12)24-17(16)19-10-9-13(20)15-8-5-11-23-15/h5,8-11,19H,2-4,6-7H2,1H3/b10-9-. The predicted molar refractivity (Wildman–Crippen MR) is 98.3 cm³/mol. The average molecular weight is 361 g/mol. The molecule has 0 atom stereocenters. The van der Waals surface area contributed by atoms with Gasteiger partial charge in [0.05, 0.1) is 17.0 Å². The van der Waals surface area contributed by atoms with Crippen LogP contribution in [0, 0.1) is 0 Å². The number of rotatable bonds is 6. The summed E-state index contributed by atoms with van der Waals surface area (Å²) in [5.41, 5.74) is 1.76. The first-order chi connectivity index (χ1) is 11.7. The van der Waals surface area contributed by atoms with Crippen molar-refractivity contribution in [2.45, 2.75) is 32.6 Å². The highest BCUT2D eigenvalue weighted by Crippen LogP contribution is 2.38. The first-order valence-electron chi connectivity index (χ1n) is 8.03. The number of nitrogens with one attached hydrogen (secondary N) is 1. The highest BCUT2D eigenvalue weighted by Gasteiger charge is 2.25. The summed E-state index contributed by atoms with van der Waals surface area (Å²) in [6, 6.07) is 3.65. The fourth-order valence-corrected chi connectivity index (χ4v) is 4.68. The highest BCUT2D eigenvalue weighted by molar-refractivity contribution is 7.16. The number of carbonyl (C=O) groups is 2. The third kappa shape index (κ3) is 3.60. The van der Waals surface area contributed by atoms with Gasteiger partial charge in [0.1, 0.15) is 5.00 Å². The van der Waals surface area contributed by atoms with Crippen molar-refractivity contribution in [3.05, 3.63) is 50.7 Å². The van der Waals surface area contributed by atoms with Crippen LogP contribution in [0.2, 0.25) is 0 Å². The number of fused-ring (bicyclic) bond motifs is 1. The van der Waals surface area contributed by atoms with Crippen LogP contribution in [0.5, 0.6) is 0 Å². The van der Waals surface area contributed by atoms with E-state index in [1.807, 2.05) is 18.4 Å². The molecule has 2 aromatic heterocycles. The highest BCUT2D eigenvalue weighted by atomic mass is 32.1. The Kier molecular flexibility index (Phi) is 5.48. The van der Waals surface area contributed by atoms with E-state index in [-0.39, 0.29) is 11.8 Å². The minimum absolute atomic E-state index is 0.0449. The molecule has 0 aromatic carbocycles. The van der Waals surface area contributed by atoms with E-state index in [0.717, 1.165) is 36.2 Å². The molecule has 0 radical (unpaired) electrons. The smallest absolute Gasteiger partial charge is 0.341 e. The van der Waals surface area contributed by atoms with Crippen LogP contribution < -0.4 is 5.32 Å². The number of ether oxygens (including phenoxy) is 1. The lowest BCUT2D eigenvalue weighted by atomic mass is 9.95. The summed E-state index contributed by atoms with van der Waals surface area (Å²) in [6.07, 6.45) is 7.29. The average Bonchev–Trinajstić information content (AvgIpc) is 3.22. The van der Waals surface area contributed by atoms with Crippen molar-refractivity contribution in [1.29, 1.82) is 0 Å². The normalized spacial score (nSPS) is 13.7. The number of carbonyl (C=O) groups excluding carboxylic acids is 2. The van der Waals surface area contributed by atoms with Crippen LogP contribution in [0.4, 0.5) is 5.00 Å². The Morgan fingerprint density at radius 2 is 2.17 bits per heavy atom. The maximum Gasteiger partial charge on any atom is 0.341 e. The van der Waals surface area contributed by atoms with Crippen LogP contribution in [0.15, 0.2) is 29.8 Å². The van der Waals surface area contributed by atoms with Gasteiger partial charge in [-0.05, 0) is 49.6 Å². The third-order valence-electron chi connectivity index (χ3n) is 3.86. The number of ketones is 1. The van der Waals surface area contributed by atoms with Crippen molar-refractivity contribution in [1.82, 2.24) is 0 Å². The zero-order valence-corrected chi connectivity index (χ0v) is 15.1. The minimum atomic E-state index is -0.280. The fraction of sp³-hybridized carbons (Fsp3) is 0.333. The molecule has 24 heavy (non-hydrogen) atoms. The topological polar surface area (TPSA) is 55.4 Å². The second kappa shape index (κ2) is 7.77. The van der Waals surface area contributed by atoms with Gasteiger partial charge >= 0.3 is 5.97 Å². The second-order valence-corrected chi connectivity index (χ2v) is 7.51. The molecule has 0 fully saturated rings. The van der Waals surface area contributed by atoms with Gasteiger partial charge in [-0.1, -0.05) is 6.07 Å². The maximum atomic E-state index is 12.3. The Hall–Kier alpha value is -1.92. The molecule has 0 bridgehead atoms. The van der Waals surface area contributed by atoms with Crippen LogP contribution >= 0.6 is 22.7 Å². The molecule has 126 valence electrons. The van der Waals surface area contributed by atoms with Gasteiger partial charge in [0.25, 0.3) is 0 Å². The summed E-state index contributed by atoms with van der Waals surface area (Å²) in [5.74, 6) is -0.325. The summed E-state index contributed by atoms with van der Waals surface area (Å²) in [6.45, 7) is 2.17. The molecular weight excluding hydrogens is 342 g/mol. The third-order valence-corrected chi connectivity index (χ3v) is 5.97. The molecule has 1 aliphatic rings. The molecule has 3 rings (SSSR count). The van der Waals surface area contributed by atoms with Crippen molar-refractivity contribution in [2.24, 2.45) is 0 Å². The lowest BCUT2D eigenvalue weighted by Gasteiger charge is -2.12. The lowest BCUT2D eigenvalue weighted by Crippen LogP contribution is -2.10. The van der Waals surface area contributed by atoms with Crippen molar-refractivity contribution < 1.29 is 14.3 Å². The van der Waals surface area contributed by atoms with Crippen LogP contribution in [0.3, 0.4) is 0 Å². The van der Waals surface area contributed by atoms with Gasteiger partial charge in [0.15, 0.2) is 5.78 Å². The van der Waals surface area contributed by atoms with Crippen molar-refractivity contribution in [3.8, 4) is 0 Å². The van der Waals surface area contributed by atoms with Gasteiger partial charge in [0, 0.05) is 17.2 Å². The predicted octanol–water partition coefficient (Wildman–Crippen LogP) is 4.67. The molecule has 0 amide bonds. The Morgan fingerprint density at radius 1 is 1.33 bits per heavy atom. The zero-order chi connectivity index (χ0) is 16.9. The van der Waals surface area contributed by atoms with E-state index in [1.54, 1.807) is 23.6 Å². The van der Waals surface area contributed by atoms with E-state index in [1.165, 1.54) is 22.3 Å². The van der Waals surface area contributed by atoms with E-state index in [4.69, 9.17) is 4.74 Å². The van der Waals surface area contributed by atoms with E-state index in [9.17, 15) is 9.59 Å². The molecule has 1 N–H and O–H groups in total. The van der Waals surface area contributed by atoms with E-state index in [0.29, 0.717) is 17.0 Å². The van der Waals surface area contributed by atoms with Crippen LogP contribution in [0.1, 0.15) is 50.2 Å². The lowest BCUT2D eigenvalue weighted by molar-refractivity contribution is 0.0526. The molecule has 0 spiro atoms. The number of hydrogen-bond donors (Lipinski definition) is 1. The molecule has 0 aliphatic heterocycles. The van der Waals surface area contributed by atoms with Gasteiger partial charge in [-0.25, -0.2) is 4.79 Å². The SMILES string of the molecule is CCOC(=O)c1c(N/C=C\C(=O)c2cccs2)sc2c1CCCC2. The summed E-state index contributed by atoms with van der Waals surface area (Å²) in [4.78, 5) is 26.3. The Bertz CT molecular complexity index is 760. The number of hydrogen-bond acceptors (Lipinski definition) is 6. The zero-order valence-electron chi connectivity index (χ0n) is 13.5. The number of thiophene rings is 2. The first-order valence-corrected chi connectivity index (χ1v) is 9.73. The second-order valence-electron chi connectivity index (χ2n) is 5.45. The Morgan fingerprint density at radius 3 is 2.92 bits per heavy atom. The largest absolute Gasteiger partial charge is 0.462 e. The van der Waals surface area contributed by atoms with Crippen LogP contribution in [-0.4, -0.2) is 18.4 Å². The molecule has 2 aromatic rings. The van der Waals surface area contributed by atoms with E-state index in [2.05, 4.69) is 5.32 Å². The van der Waals surface area contributed by atoms with Crippen LogP contribution in [0.25, 0.3) is 0 Å². The van der Waals surface area contributed by atoms with Gasteiger partial charge in [0.2, 0.25) is 0 Å². The molecule has 0 saturated heterocycles. The van der Waals surface area contributed by atoms with Crippen LogP contribution in [-0.2, 0) is 17.6 Å². The van der Waals surface area contributed by atoms with Crippen molar-refractivity contribution in [2.75, 3.05) is 11.9 Å². The van der Waals surface area contributed by atoms with Gasteiger partial charge < -0.3 is 10.1 Å².